The van der Waals surface area contributed by atoms with E-state index < -0.39 is 30.3 Å². The third kappa shape index (κ3) is 5.23. The molecule has 3 amide bonds. The summed E-state index contributed by atoms with van der Waals surface area (Å²) in [5, 5.41) is 5.48. The molecule has 2 aliphatic heterocycles. The molecule has 2 heterocycles. The van der Waals surface area contributed by atoms with Crippen molar-refractivity contribution >= 4 is 29.3 Å². The van der Waals surface area contributed by atoms with E-state index in [0.29, 0.717) is 38.3 Å². The average Bonchev–Trinajstić information content (AvgIpc) is 3.29. The molecule has 2 saturated heterocycles. The molecule has 3 rings (SSSR count). The molecule has 1 atom stereocenters. The summed E-state index contributed by atoms with van der Waals surface area (Å²) in [7, 11) is 1.71. The second-order valence-electron chi connectivity index (χ2n) is 7.50. The number of carbonyl (C=O) groups excluding carboxylic acids is 3. The van der Waals surface area contributed by atoms with Gasteiger partial charge in [-0.1, -0.05) is 0 Å². The van der Waals surface area contributed by atoms with Gasteiger partial charge in [0, 0.05) is 39.6 Å². The van der Waals surface area contributed by atoms with Crippen LogP contribution in [-0.4, -0.2) is 86.8 Å². The van der Waals surface area contributed by atoms with Gasteiger partial charge in [0.1, 0.15) is 11.9 Å². The maximum absolute atomic E-state index is 14.9. The lowest BCUT2D eigenvalue weighted by Crippen LogP contribution is -2.41. The van der Waals surface area contributed by atoms with E-state index in [9.17, 15) is 27.6 Å². The fourth-order valence-corrected chi connectivity index (χ4v) is 3.69. The molecule has 0 bridgehead atoms. The minimum absolute atomic E-state index is 0.00600. The van der Waals surface area contributed by atoms with Crippen LogP contribution in [-0.2, 0) is 14.3 Å². The van der Waals surface area contributed by atoms with Gasteiger partial charge in [-0.25, -0.2) is 14.2 Å². The first kappa shape index (κ1) is 23.6. The molecule has 9 nitrogen and oxygen atoms in total. The number of hydrogen-bond donors (Lipinski definition) is 1. The van der Waals surface area contributed by atoms with Gasteiger partial charge in [0.25, 0.3) is 5.91 Å². The zero-order chi connectivity index (χ0) is 23.4. The van der Waals surface area contributed by atoms with Gasteiger partial charge in [0.2, 0.25) is 5.91 Å². The number of ether oxygens (including phenoxy) is 1. The summed E-state index contributed by atoms with van der Waals surface area (Å²) < 4.78 is 44.5. The topological polar surface area (TPSA) is 85.4 Å². The summed E-state index contributed by atoms with van der Waals surface area (Å²) in [6, 6.07) is 4.35. The number of anilines is 2. The summed E-state index contributed by atoms with van der Waals surface area (Å²) in [6.07, 6.45) is -4.26. The molecule has 1 aromatic carbocycles. The summed E-state index contributed by atoms with van der Waals surface area (Å²) in [6.45, 7) is 3.85. The number of halogens is 3. The van der Waals surface area contributed by atoms with Crippen LogP contribution in [0.1, 0.15) is 13.3 Å². The minimum atomic E-state index is -3.15. The lowest BCUT2D eigenvalue weighted by atomic mass is 10.2. The molecule has 0 aromatic heterocycles. The second-order valence-corrected chi connectivity index (χ2v) is 7.50. The number of benzene rings is 1. The van der Waals surface area contributed by atoms with Gasteiger partial charge in [-0.15, -0.1) is 0 Å². The Bertz CT molecular complexity index is 872. The average molecular weight is 457 g/mol. The van der Waals surface area contributed by atoms with Crippen LogP contribution < -0.4 is 15.1 Å². The van der Waals surface area contributed by atoms with Crippen LogP contribution >= 0.6 is 0 Å². The maximum Gasteiger partial charge on any atom is 0.414 e. The lowest BCUT2D eigenvalue weighted by molar-refractivity contribution is -0.135. The van der Waals surface area contributed by atoms with Crippen molar-refractivity contribution in [2.24, 2.45) is 0 Å². The van der Waals surface area contributed by atoms with Crippen LogP contribution in [0.4, 0.5) is 29.3 Å². The number of rotatable bonds is 9. The van der Waals surface area contributed by atoms with Gasteiger partial charge in [-0.05, 0) is 25.1 Å². The molecule has 12 heteroatoms. The van der Waals surface area contributed by atoms with Gasteiger partial charge < -0.3 is 15.0 Å². The third-order valence-electron chi connectivity index (χ3n) is 5.54. The molecule has 176 valence electrons. The predicted octanol–water partition coefficient (Wildman–Crippen LogP) is 1.44. The molecule has 0 spiro atoms. The van der Waals surface area contributed by atoms with E-state index in [1.807, 2.05) is 22.1 Å². The summed E-state index contributed by atoms with van der Waals surface area (Å²) in [5.41, 5.74) is 0.623. The van der Waals surface area contributed by atoms with E-state index in [2.05, 4.69) is 0 Å². The lowest BCUT2D eigenvalue weighted by Gasteiger charge is -2.29. The Balaban J connectivity index is 1.61. The van der Waals surface area contributed by atoms with Gasteiger partial charge in [-0.2, -0.15) is 8.78 Å². The zero-order valence-electron chi connectivity index (χ0n) is 17.9. The van der Waals surface area contributed by atoms with Crippen molar-refractivity contribution < 1.29 is 32.3 Å². The number of alkyl halides is 2. The van der Waals surface area contributed by atoms with Crippen LogP contribution in [0.5, 0.6) is 0 Å². The van der Waals surface area contributed by atoms with Gasteiger partial charge >= 0.3 is 12.5 Å². The Morgan fingerprint density at radius 3 is 2.69 bits per heavy atom. The SMILES string of the molecule is CCN(CCN1CCC(=O)N1C)c1ccc(N2C[C@H](CNC(=O)C(F)F)OC2=O)cc1F. The number of carbonyl (C=O) groups is 3. The Morgan fingerprint density at radius 2 is 2.09 bits per heavy atom. The van der Waals surface area contributed by atoms with Gasteiger partial charge in [0.15, 0.2) is 0 Å². The van der Waals surface area contributed by atoms with Gasteiger partial charge in [0.05, 0.1) is 24.5 Å². The molecule has 0 unspecified atom stereocenters. The fourth-order valence-electron chi connectivity index (χ4n) is 3.69. The van der Waals surface area contributed by atoms with E-state index in [0.717, 1.165) is 0 Å². The molecule has 2 fully saturated rings. The quantitative estimate of drug-likeness (QED) is 0.604. The van der Waals surface area contributed by atoms with Crippen LogP contribution in [0.25, 0.3) is 0 Å². The Labute approximate surface area is 183 Å². The van der Waals surface area contributed by atoms with Crippen LogP contribution in [0.15, 0.2) is 18.2 Å². The van der Waals surface area contributed by atoms with E-state index in [1.54, 1.807) is 24.2 Å². The predicted molar refractivity (Wildman–Crippen MR) is 110 cm³/mol. The molecule has 1 N–H and O–H groups in total. The largest absolute Gasteiger partial charge is 0.442 e. The van der Waals surface area contributed by atoms with Crippen molar-refractivity contribution in [3.63, 3.8) is 0 Å². The smallest absolute Gasteiger partial charge is 0.414 e. The molecule has 2 aliphatic rings. The normalized spacial score (nSPS) is 19.1. The number of amides is 3. The van der Waals surface area contributed by atoms with Crippen molar-refractivity contribution in [1.82, 2.24) is 15.3 Å². The monoisotopic (exact) mass is 457 g/mol. The van der Waals surface area contributed by atoms with Crippen molar-refractivity contribution in [3.8, 4) is 0 Å². The highest BCUT2D eigenvalue weighted by Crippen LogP contribution is 2.28. The number of likely N-dealkylation sites (N-methyl/N-ethyl adjacent to an activating group) is 1. The van der Waals surface area contributed by atoms with E-state index >= 15 is 0 Å². The van der Waals surface area contributed by atoms with Crippen molar-refractivity contribution in [2.45, 2.75) is 25.9 Å². The van der Waals surface area contributed by atoms with Crippen LogP contribution in [0, 0.1) is 5.82 Å². The summed E-state index contributed by atoms with van der Waals surface area (Å²) in [4.78, 5) is 37.8. The molecule has 32 heavy (non-hydrogen) atoms. The Kier molecular flexibility index (Phi) is 7.44. The van der Waals surface area contributed by atoms with E-state index in [1.165, 1.54) is 11.0 Å². The maximum atomic E-state index is 14.9. The molecule has 0 aliphatic carbocycles. The summed E-state index contributed by atoms with van der Waals surface area (Å²) >= 11 is 0. The molecule has 1 aromatic rings. The third-order valence-corrected chi connectivity index (χ3v) is 5.54. The molecular weight excluding hydrogens is 431 g/mol. The molecule has 0 radical (unpaired) electrons. The highest BCUT2D eigenvalue weighted by molar-refractivity contribution is 5.90. The van der Waals surface area contributed by atoms with Gasteiger partial charge in [-0.3, -0.25) is 19.5 Å². The van der Waals surface area contributed by atoms with Crippen molar-refractivity contribution in [1.29, 1.82) is 0 Å². The number of cyclic esters (lactones) is 1. The number of nitrogens with zero attached hydrogens (tertiary/aromatic N) is 4. The summed E-state index contributed by atoms with van der Waals surface area (Å²) in [5.74, 6) is -1.93. The highest BCUT2D eigenvalue weighted by Gasteiger charge is 2.33. The van der Waals surface area contributed by atoms with Crippen molar-refractivity contribution in [2.75, 3.05) is 56.1 Å². The Hall–Kier alpha value is -3.02. The molecule has 0 saturated carbocycles. The number of hydrazine groups is 1. The number of nitrogens with one attached hydrogen (secondary N) is 1. The fraction of sp³-hybridized carbons (Fsp3) is 0.550. The first-order valence-corrected chi connectivity index (χ1v) is 10.3. The van der Waals surface area contributed by atoms with Crippen LogP contribution in [0.3, 0.4) is 0 Å². The van der Waals surface area contributed by atoms with Crippen LogP contribution in [0.2, 0.25) is 0 Å². The first-order valence-electron chi connectivity index (χ1n) is 10.3. The highest BCUT2D eigenvalue weighted by atomic mass is 19.3. The second kappa shape index (κ2) is 10.1. The zero-order valence-corrected chi connectivity index (χ0v) is 17.9. The number of hydrogen-bond acceptors (Lipinski definition) is 6. The minimum Gasteiger partial charge on any atom is -0.442 e. The Morgan fingerprint density at radius 1 is 1.34 bits per heavy atom. The first-order chi connectivity index (χ1) is 15.2. The standard InChI is InChI=1S/C20H26F3N5O4/c1-3-26(8-9-27-7-6-17(29)25(27)2)16-5-4-13(10-15(16)21)28-12-14(32-20(28)31)11-24-19(30)18(22)23/h4-5,10,14,18H,3,6-9,11-12H2,1-2H3,(H,24,30)/t14-/m0/s1. The van der Waals surface area contributed by atoms with E-state index in [-0.39, 0.29) is 24.7 Å². The molecular formula is C20H26F3N5O4. The van der Waals surface area contributed by atoms with Crippen molar-refractivity contribution in [3.05, 3.63) is 24.0 Å². The van der Waals surface area contributed by atoms with E-state index in [4.69, 9.17) is 4.74 Å².